The Kier molecular flexibility index (Phi) is 17.7. The van der Waals surface area contributed by atoms with Crippen LogP contribution in [0.4, 0.5) is 0 Å². The molecule has 0 saturated heterocycles. The van der Waals surface area contributed by atoms with Crippen LogP contribution in [0.5, 0.6) is 0 Å². The Morgan fingerprint density at radius 3 is 1.35 bits per heavy atom. The van der Waals surface area contributed by atoms with Gasteiger partial charge in [-0.15, -0.1) is 0 Å². The Balaban J connectivity index is 1.98. The normalized spacial score (nSPS) is 18.6. The molecule has 1 aliphatic carbocycles. The van der Waals surface area contributed by atoms with E-state index < -0.39 is 0 Å². The average Bonchev–Trinajstić information content (AvgIpc) is 2.79. The van der Waals surface area contributed by atoms with Gasteiger partial charge in [-0.2, -0.15) is 0 Å². The van der Waals surface area contributed by atoms with Crippen molar-refractivity contribution < 1.29 is 19.1 Å². The highest BCUT2D eigenvalue weighted by Gasteiger charge is 2.37. The van der Waals surface area contributed by atoms with Crippen molar-refractivity contribution in [3.63, 3.8) is 0 Å². The molecule has 2 unspecified atom stereocenters. The molecule has 0 heterocycles. The molecule has 0 bridgehead atoms. The Bertz CT molecular complexity index is 449. The van der Waals surface area contributed by atoms with Crippen molar-refractivity contribution in [1.29, 1.82) is 0 Å². The average molecular weight is 439 g/mol. The van der Waals surface area contributed by atoms with Gasteiger partial charge in [-0.25, -0.2) is 0 Å². The minimum atomic E-state index is -0.302. The van der Waals surface area contributed by atoms with E-state index in [0.717, 1.165) is 44.9 Å². The zero-order valence-corrected chi connectivity index (χ0v) is 20.6. The van der Waals surface area contributed by atoms with E-state index in [-0.39, 0.29) is 23.8 Å². The van der Waals surface area contributed by atoms with Crippen LogP contribution in [-0.2, 0) is 19.1 Å². The quantitative estimate of drug-likeness (QED) is 0.153. The van der Waals surface area contributed by atoms with Crippen LogP contribution in [0.1, 0.15) is 136 Å². The molecule has 1 saturated carbocycles. The second kappa shape index (κ2) is 19.6. The Morgan fingerprint density at radius 2 is 0.935 bits per heavy atom. The molecule has 2 atom stereocenters. The van der Waals surface area contributed by atoms with Crippen molar-refractivity contribution in [2.75, 3.05) is 13.2 Å². The molecule has 0 N–H and O–H groups in total. The standard InChI is InChI=1S/C27H50O4/c1-3-5-6-7-8-9-10-11-12-13-14-15-16-19-23-31-27(29)25-21-18-17-20-24(25)26(28)30-22-4-2/h24-25H,3-23H2,1-2H3. The topological polar surface area (TPSA) is 52.6 Å². The van der Waals surface area contributed by atoms with Gasteiger partial charge in [-0.05, 0) is 25.7 Å². The van der Waals surface area contributed by atoms with E-state index in [1.807, 2.05) is 6.92 Å². The number of carbonyl (C=O) groups is 2. The summed E-state index contributed by atoms with van der Waals surface area (Å²) in [6.07, 6.45) is 22.7. The van der Waals surface area contributed by atoms with Gasteiger partial charge >= 0.3 is 11.9 Å². The van der Waals surface area contributed by atoms with Crippen LogP contribution >= 0.6 is 0 Å². The fraction of sp³-hybridized carbons (Fsp3) is 0.926. The molecule has 1 aliphatic rings. The van der Waals surface area contributed by atoms with E-state index in [1.165, 1.54) is 77.0 Å². The summed E-state index contributed by atoms with van der Waals surface area (Å²) in [5.74, 6) is -0.998. The van der Waals surface area contributed by atoms with Gasteiger partial charge in [0.2, 0.25) is 0 Å². The second-order valence-corrected chi connectivity index (χ2v) is 9.43. The van der Waals surface area contributed by atoms with Gasteiger partial charge in [0.15, 0.2) is 0 Å². The number of rotatable bonds is 19. The van der Waals surface area contributed by atoms with Gasteiger partial charge in [0, 0.05) is 0 Å². The highest BCUT2D eigenvalue weighted by Crippen LogP contribution is 2.32. The minimum Gasteiger partial charge on any atom is -0.465 e. The maximum absolute atomic E-state index is 12.5. The summed E-state index contributed by atoms with van der Waals surface area (Å²) in [4.78, 5) is 24.7. The molecule has 0 aromatic rings. The predicted molar refractivity (Wildman–Crippen MR) is 128 cm³/mol. The van der Waals surface area contributed by atoms with Gasteiger partial charge in [-0.3, -0.25) is 9.59 Å². The summed E-state index contributed by atoms with van der Waals surface area (Å²) in [5.41, 5.74) is 0. The maximum Gasteiger partial charge on any atom is 0.309 e. The summed E-state index contributed by atoms with van der Waals surface area (Å²) in [6.45, 7) is 5.18. The van der Waals surface area contributed by atoms with Crippen molar-refractivity contribution in [3.05, 3.63) is 0 Å². The number of ether oxygens (including phenoxy) is 2. The molecule has 0 aromatic carbocycles. The largest absolute Gasteiger partial charge is 0.465 e. The molecule has 1 fully saturated rings. The lowest BCUT2D eigenvalue weighted by Crippen LogP contribution is -2.35. The molecule has 0 radical (unpaired) electrons. The molecule has 0 aliphatic heterocycles. The van der Waals surface area contributed by atoms with Gasteiger partial charge in [0.05, 0.1) is 25.0 Å². The number of hydrogen-bond acceptors (Lipinski definition) is 4. The van der Waals surface area contributed by atoms with Crippen LogP contribution in [0.2, 0.25) is 0 Å². The smallest absolute Gasteiger partial charge is 0.309 e. The van der Waals surface area contributed by atoms with Crippen LogP contribution in [0, 0.1) is 11.8 Å². The van der Waals surface area contributed by atoms with E-state index >= 15 is 0 Å². The zero-order chi connectivity index (χ0) is 22.6. The third kappa shape index (κ3) is 13.9. The van der Waals surface area contributed by atoms with E-state index in [2.05, 4.69) is 6.92 Å². The number of hydrogen-bond donors (Lipinski definition) is 0. The SMILES string of the molecule is CCCCCCCCCCCCCCCCOC(=O)C1CCCCC1C(=O)OCCC. The van der Waals surface area contributed by atoms with Gasteiger partial charge < -0.3 is 9.47 Å². The van der Waals surface area contributed by atoms with Gasteiger partial charge in [0.25, 0.3) is 0 Å². The Hall–Kier alpha value is -1.06. The fourth-order valence-electron chi connectivity index (χ4n) is 4.58. The van der Waals surface area contributed by atoms with Crippen molar-refractivity contribution in [2.24, 2.45) is 11.8 Å². The molecule has 31 heavy (non-hydrogen) atoms. The Labute approximate surface area is 192 Å². The summed E-state index contributed by atoms with van der Waals surface area (Å²) < 4.78 is 10.8. The molecule has 1 rings (SSSR count). The first kappa shape index (κ1) is 28.0. The molecule has 4 heteroatoms. The van der Waals surface area contributed by atoms with E-state index in [9.17, 15) is 9.59 Å². The fourth-order valence-corrected chi connectivity index (χ4v) is 4.58. The van der Waals surface area contributed by atoms with Crippen molar-refractivity contribution in [2.45, 2.75) is 136 Å². The number of unbranched alkanes of at least 4 members (excludes halogenated alkanes) is 13. The molecule has 4 nitrogen and oxygen atoms in total. The first-order valence-electron chi connectivity index (χ1n) is 13.5. The summed E-state index contributed by atoms with van der Waals surface area (Å²) >= 11 is 0. The lowest BCUT2D eigenvalue weighted by molar-refractivity contribution is -0.163. The molecule has 0 aromatic heterocycles. The molecule has 0 spiro atoms. The first-order valence-corrected chi connectivity index (χ1v) is 13.5. The lowest BCUT2D eigenvalue weighted by Gasteiger charge is -2.28. The van der Waals surface area contributed by atoms with E-state index in [0.29, 0.717) is 13.2 Å². The van der Waals surface area contributed by atoms with Crippen LogP contribution in [0.3, 0.4) is 0 Å². The van der Waals surface area contributed by atoms with Gasteiger partial charge in [-0.1, -0.05) is 110 Å². The Morgan fingerprint density at radius 1 is 0.548 bits per heavy atom. The van der Waals surface area contributed by atoms with Crippen molar-refractivity contribution in [3.8, 4) is 0 Å². The van der Waals surface area contributed by atoms with Crippen molar-refractivity contribution in [1.82, 2.24) is 0 Å². The third-order valence-electron chi connectivity index (χ3n) is 6.56. The summed E-state index contributed by atoms with van der Waals surface area (Å²) in [7, 11) is 0. The number of esters is 2. The number of carbonyl (C=O) groups excluding carboxylic acids is 2. The van der Waals surface area contributed by atoms with Gasteiger partial charge in [0.1, 0.15) is 0 Å². The van der Waals surface area contributed by atoms with E-state index in [4.69, 9.17) is 9.47 Å². The molecule has 0 amide bonds. The van der Waals surface area contributed by atoms with Crippen LogP contribution in [-0.4, -0.2) is 25.2 Å². The predicted octanol–water partition coefficient (Wildman–Crippen LogP) is 7.77. The van der Waals surface area contributed by atoms with E-state index in [1.54, 1.807) is 0 Å². The highest BCUT2D eigenvalue weighted by molar-refractivity contribution is 5.82. The van der Waals surface area contributed by atoms with Crippen LogP contribution < -0.4 is 0 Å². The molecular weight excluding hydrogens is 388 g/mol. The highest BCUT2D eigenvalue weighted by atomic mass is 16.5. The van der Waals surface area contributed by atoms with Crippen molar-refractivity contribution >= 4 is 11.9 Å². The maximum atomic E-state index is 12.5. The third-order valence-corrected chi connectivity index (χ3v) is 6.56. The lowest BCUT2D eigenvalue weighted by atomic mass is 9.79. The van der Waals surface area contributed by atoms with Crippen LogP contribution in [0.25, 0.3) is 0 Å². The van der Waals surface area contributed by atoms with Crippen LogP contribution in [0.15, 0.2) is 0 Å². The summed E-state index contributed by atoms with van der Waals surface area (Å²) in [5, 5.41) is 0. The minimum absolute atomic E-state index is 0.187. The zero-order valence-electron chi connectivity index (χ0n) is 20.6. The monoisotopic (exact) mass is 438 g/mol. The summed E-state index contributed by atoms with van der Waals surface area (Å²) in [6, 6.07) is 0. The first-order chi connectivity index (χ1) is 15.2. The molecular formula is C27H50O4. The second-order valence-electron chi connectivity index (χ2n) is 9.43. The molecule has 182 valence electrons.